The molecular formula is C20H20FN3O3. The van der Waals surface area contributed by atoms with Crippen LogP contribution >= 0.6 is 0 Å². The molecule has 0 saturated heterocycles. The Balaban J connectivity index is 1.90. The number of benzene rings is 2. The standard InChI is InChI=1S/C20H20FN3O3/c1-3-11(2)17(18-22-15-6-4-5-7-16(15)23-18)24-19(25)13-9-8-12(20(26)27)10-14(13)21/h4-11,17H,3H2,1-2H3,(H,22,23)(H,24,25)(H,26,27). The molecular weight excluding hydrogens is 349 g/mol. The van der Waals surface area contributed by atoms with Gasteiger partial charge in [0.15, 0.2) is 0 Å². The van der Waals surface area contributed by atoms with Gasteiger partial charge in [-0.05, 0) is 36.2 Å². The number of nitrogens with one attached hydrogen (secondary N) is 2. The molecule has 0 aliphatic rings. The first-order valence-electron chi connectivity index (χ1n) is 8.69. The molecule has 0 aliphatic carbocycles. The molecule has 0 spiro atoms. The Morgan fingerprint density at radius 3 is 2.63 bits per heavy atom. The Hall–Kier alpha value is -3.22. The van der Waals surface area contributed by atoms with Gasteiger partial charge in [-0.3, -0.25) is 4.79 Å². The molecule has 0 fully saturated rings. The molecule has 2 atom stereocenters. The van der Waals surface area contributed by atoms with Gasteiger partial charge in [0.25, 0.3) is 5.91 Å². The number of H-pyrrole nitrogens is 1. The SMILES string of the molecule is CCC(C)C(NC(=O)c1ccc(C(=O)O)cc1F)c1nc2ccccc2[nH]1. The van der Waals surface area contributed by atoms with Gasteiger partial charge >= 0.3 is 5.97 Å². The van der Waals surface area contributed by atoms with E-state index in [0.717, 1.165) is 23.5 Å². The number of aromatic nitrogens is 2. The third kappa shape index (κ3) is 3.81. The summed E-state index contributed by atoms with van der Waals surface area (Å²) in [6.07, 6.45) is 0.780. The maximum absolute atomic E-state index is 14.2. The number of carbonyl (C=O) groups is 2. The molecule has 6 nitrogen and oxygen atoms in total. The van der Waals surface area contributed by atoms with Crippen molar-refractivity contribution in [1.82, 2.24) is 15.3 Å². The number of imidazole rings is 1. The van der Waals surface area contributed by atoms with Crippen molar-refractivity contribution >= 4 is 22.9 Å². The number of nitrogens with zero attached hydrogens (tertiary/aromatic N) is 1. The highest BCUT2D eigenvalue weighted by Gasteiger charge is 2.25. The number of carbonyl (C=O) groups excluding carboxylic acids is 1. The largest absolute Gasteiger partial charge is 0.478 e. The summed E-state index contributed by atoms with van der Waals surface area (Å²) in [6, 6.07) is 10.3. The molecule has 27 heavy (non-hydrogen) atoms. The number of carboxylic acids is 1. The smallest absolute Gasteiger partial charge is 0.335 e. The number of halogens is 1. The summed E-state index contributed by atoms with van der Waals surface area (Å²) in [7, 11) is 0. The Bertz CT molecular complexity index is 966. The van der Waals surface area contributed by atoms with E-state index in [9.17, 15) is 14.0 Å². The van der Waals surface area contributed by atoms with Crippen molar-refractivity contribution in [3.63, 3.8) is 0 Å². The van der Waals surface area contributed by atoms with Crippen molar-refractivity contribution in [3.8, 4) is 0 Å². The van der Waals surface area contributed by atoms with E-state index in [2.05, 4.69) is 15.3 Å². The first kappa shape index (κ1) is 18.6. The van der Waals surface area contributed by atoms with Gasteiger partial charge < -0.3 is 15.4 Å². The Morgan fingerprint density at radius 2 is 2.00 bits per heavy atom. The van der Waals surface area contributed by atoms with E-state index >= 15 is 0 Å². The Kier molecular flexibility index (Phi) is 5.21. The predicted octanol–water partition coefficient (Wildman–Crippen LogP) is 3.92. The molecule has 1 heterocycles. The van der Waals surface area contributed by atoms with E-state index in [1.807, 2.05) is 38.1 Å². The second-order valence-corrected chi connectivity index (χ2v) is 6.48. The molecule has 0 aliphatic heterocycles. The van der Waals surface area contributed by atoms with Crippen molar-refractivity contribution in [2.24, 2.45) is 5.92 Å². The summed E-state index contributed by atoms with van der Waals surface area (Å²) in [5.41, 5.74) is 1.23. The molecule has 3 rings (SSSR count). The van der Waals surface area contributed by atoms with E-state index in [-0.39, 0.29) is 17.0 Å². The van der Waals surface area contributed by atoms with Crippen LogP contribution in [0, 0.1) is 11.7 Å². The first-order valence-corrected chi connectivity index (χ1v) is 8.69. The third-order valence-corrected chi connectivity index (χ3v) is 4.66. The van der Waals surface area contributed by atoms with Crippen LogP contribution in [0.4, 0.5) is 4.39 Å². The number of hydrogen-bond donors (Lipinski definition) is 3. The number of para-hydroxylation sites is 2. The molecule has 1 amide bonds. The van der Waals surface area contributed by atoms with E-state index in [1.54, 1.807) is 0 Å². The van der Waals surface area contributed by atoms with Gasteiger partial charge in [-0.1, -0.05) is 32.4 Å². The maximum Gasteiger partial charge on any atom is 0.335 e. The lowest BCUT2D eigenvalue weighted by Crippen LogP contribution is -2.33. The second-order valence-electron chi connectivity index (χ2n) is 6.48. The number of hydrogen-bond acceptors (Lipinski definition) is 3. The highest BCUT2D eigenvalue weighted by atomic mass is 19.1. The van der Waals surface area contributed by atoms with Crippen LogP contribution in [0.5, 0.6) is 0 Å². The lowest BCUT2D eigenvalue weighted by atomic mass is 9.98. The van der Waals surface area contributed by atoms with Crippen LogP contribution in [-0.4, -0.2) is 27.0 Å². The molecule has 0 saturated carbocycles. The summed E-state index contributed by atoms with van der Waals surface area (Å²) < 4.78 is 14.2. The minimum absolute atomic E-state index is 0.0517. The number of amides is 1. The van der Waals surface area contributed by atoms with Gasteiger partial charge in [-0.15, -0.1) is 0 Å². The quantitative estimate of drug-likeness (QED) is 0.614. The van der Waals surface area contributed by atoms with Gasteiger partial charge in [0.2, 0.25) is 0 Å². The summed E-state index contributed by atoms with van der Waals surface area (Å²) >= 11 is 0. The lowest BCUT2D eigenvalue weighted by Gasteiger charge is -2.22. The second kappa shape index (κ2) is 7.57. The topological polar surface area (TPSA) is 95.1 Å². The third-order valence-electron chi connectivity index (χ3n) is 4.66. The van der Waals surface area contributed by atoms with E-state index in [1.165, 1.54) is 12.1 Å². The molecule has 3 aromatic rings. The fourth-order valence-corrected chi connectivity index (χ4v) is 2.89. The fraction of sp³-hybridized carbons (Fsp3) is 0.250. The zero-order chi connectivity index (χ0) is 19.6. The summed E-state index contributed by atoms with van der Waals surface area (Å²) in [4.78, 5) is 31.3. The average molecular weight is 369 g/mol. The zero-order valence-corrected chi connectivity index (χ0v) is 15.0. The minimum Gasteiger partial charge on any atom is -0.478 e. The molecule has 140 valence electrons. The van der Waals surface area contributed by atoms with Gasteiger partial charge in [0.05, 0.1) is 28.2 Å². The number of aromatic amines is 1. The lowest BCUT2D eigenvalue weighted by molar-refractivity contribution is 0.0695. The van der Waals surface area contributed by atoms with Gasteiger partial charge in [-0.25, -0.2) is 14.2 Å². The van der Waals surface area contributed by atoms with Crippen LogP contribution in [-0.2, 0) is 0 Å². The maximum atomic E-state index is 14.2. The number of rotatable bonds is 6. The summed E-state index contributed by atoms with van der Waals surface area (Å²) in [6.45, 7) is 3.97. The molecule has 1 aromatic heterocycles. The van der Waals surface area contributed by atoms with Crippen LogP contribution in [0.2, 0.25) is 0 Å². The van der Waals surface area contributed by atoms with E-state index in [4.69, 9.17) is 5.11 Å². The zero-order valence-electron chi connectivity index (χ0n) is 15.0. The van der Waals surface area contributed by atoms with Crippen LogP contribution in [0.25, 0.3) is 11.0 Å². The molecule has 2 aromatic carbocycles. The Morgan fingerprint density at radius 1 is 1.26 bits per heavy atom. The minimum atomic E-state index is -1.25. The normalized spacial score (nSPS) is 13.3. The van der Waals surface area contributed by atoms with Gasteiger partial charge in [-0.2, -0.15) is 0 Å². The number of aromatic carboxylic acids is 1. The Labute approximate surface area is 155 Å². The van der Waals surface area contributed by atoms with Crippen LogP contribution < -0.4 is 5.32 Å². The monoisotopic (exact) mass is 369 g/mol. The highest BCUT2D eigenvalue weighted by Crippen LogP contribution is 2.25. The first-order chi connectivity index (χ1) is 12.9. The number of fused-ring (bicyclic) bond motifs is 1. The van der Waals surface area contributed by atoms with Crippen LogP contribution in [0.1, 0.15) is 52.9 Å². The number of carboxylic acid groups (broad SMARTS) is 1. The summed E-state index contributed by atoms with van der Waals surface area (Å²) in [5.74, 6) is -2.09. The fourth-order valence-electron chi connectivity index (χ4n) is 2.89. The van der Waals surface area contributed by atoms with Crippen molar-refractivity contribution in [2.75, 3.05) is 0 Å². The van der Waals surface area contributed by atoms with E-state index < -0.39 is 23.7 Å². The van der Waals surface area contributed by atoms with Crippen molar-refractivity contribution in [2.45, 2.75) is 26.3 Å². The van der Waals surface area contributed by atoms with Crippen molar-refractivity contribution in [1.29, 1.82) is 0 Å². The highest BCUT2D eigenvalue weighted by molar-refractivity contribution is 5.96. The molecule has 0 radical (unpaired) electrons. The van der Waals surface area contributed by atoms with E-state index in [0.29, 0.717) is 5.82 Å². The summed E-state index contributed by atoms with van der Waals surface area (Å²) in [5, 5.41) is 11.8. The molecule has 3 N–H and O–H groups in total. The van der Waals surface area contributed by atoms with Crippen molar-refractivity contribution < 1.29 is 19.1 Å². The molecule has 2 unspecified atom stereocenters. The molecule has 0 bridgehead atoms. The van der Waals surface area contributed by atoms with Gasteiger partial charge in [0, 0.05) is 0 Å². The molecule has 7 heteroatoms. The average Bonchev–Trinajstić information content (AvgIpc) is 3.08. The predicted molar refractivity (Wildman–Crippen MR) is 99.1 cm³/mol. The van der Waals surface area contributed by atoms with Crippen LogP contribution in [0.15, 0.2) is 42.5 Å². The van der Waals surface area contributed by atoms with Crippen molar-refractivity contribution in [3.05, 3.63) is 65.2 Å². The van der Waals surface area contributed by atoms with Crippen LogP contribution in [0.3, 0.4) is 0 Å². The van der Waals surface area contributed by atoms with Gasteiger partial charge in [0.1, 0.15) is 11.6 Å².